The third kappa shape index (κ3) is 4.47. The predicted molar refractivity (Wildman–Crippen MR) is 91.2 cm³/mol. The Balaban J connectivity index is 1.42. The molecule has 1 aromatic carbocycles. The van der Waals surface area contributed by atoms with Crippen molar-refractivity contribution in [3.05, 3.63) is 29.3 Å². The summed E-state index contributed by atoms with van der Waals surface area (Å²) in [6.07, 6.45) is 1.54. The number of ether oxygens (including phenoxy) is 1. The summed E-state index contributed by atoms with van der Waals surface area (Å²) < 4.78 is 5.46. The normalized spacial score (nSPS) is 21.7. The van der Waals surface area contributed by atoms with E-state index in [-0.39, 0.29) is 17.9 Å². The summed E-state index contributed by atoms with van der Waals surface area (Å²) in [6.45, 7) is 4.03. The van der Waals surface area contributed by atoms with E-state index in [1.165, 1.54) is 4.90 Å². The van der Waals surface area contributed by atoms with E-state index in [4.69, 9.17) is 16.3 Å². The van der Waals surface area contributed by atoms with Crippen LogP contribution >= 0.6 is 11.6 Å². The van der Waals surface area contributed by atoms with Crippen LogP contribution in [0.5, 0.6) is 0 Å². The zero-order valence-corrected chi connectivity index (χ0v) is 14.3. The zero-order valence-electron chi connectivity index (χ0n) is 13.6. The minimum Gasteiger partial charge on any atom is -0.368 e. The molecule has 7 heteroatoms. The molecule has 2 heterocycles. The van der Waals surface area contributed by atoms with Gasteiger partial charge in [0.25, 0.3) is 11.8 Å². The van der Waals surface area contributed by atoms with E-state index in [0.29, 0.717) is 31.3 Å². The molecule has 0 unspecified atom stereocenters. The van der Waals surface area contributed by atoms with Crippen LogP contribution in [0.2, 0.25) is 5.02 Å². The summed E-state index contributed by atoms with van der Waals surface area (Å²) in [7, 11) is 0. The second-order valence-corrected chi connectivity index (χ2v) is 6.75. The monoisotopic (exact) mass is 352 g/mol. The van der Waals surface area contributed by atoms with Gasteiger partial charge in [0.15, 0.2) is 6.54 Å². The van der Waals surface area contributed by atoms with Crippen molar-refractivity contribution in [3.63, 3.8) is 0 Å². The Hall–Kier alpha value is -1.63. The van der Waals surface area contributed by atoms with Crippen molar-refractivity contribution in [2.45, 2.75) is 18.9 Å². The van der Waals surface area contributed by atoms with E-state index in [1.54, 1.807) is 24.3 Å². The van der Waals surface area contributed by atoms with Crippen LogP contribution in [0, 0.1) is 0 Å². The van der Waals surface area contributed by atoms with Crippen LogP contribution in [-0.2, 0) is 14.3 Å². The Kier molecular flexibility index (Phi) is 5.71. The molecule has 0 aliphatic carbocycles. The van der Waals surface area contributed by atoms with Crippen molar-refractivity contribution in [2.24, 2.45) is 0 Å². The Morgan fingerprint density at radius 3 is 2.58 bits per heavy atom. The van der Waals surface area contributed by atoms with Crippen molar-refractivity contribution in [1.82, 2.24) is 4.90 Å². The first-order valence-electron chi connectivity index (χ1n) is 8.41. The summed E-state index contributed by atoms with van der Waals surface area (Å²) in [5, 5.41) is 3.52. The fourth-order valence-corrected chi connectivity index (χ4v) is 3.29. The lowest BCUT2D eigenvalue weighted by Gasteiger charge is -2.33. The van der Waals surface area contributed by atoms with Gasteiger partial charge in [-0.25, -0.2) is 0 Å². The number of carbonyl (C=O) groups excluding carboxylic acids is 2. The molecule has 2 aliphatic heterocycles. The smallest absolute Gasteiger partial charge is 0.279 e. The van der Waals surface area contributed by atoms with E-state index < -0.39 is 0 Å². The standard InChI is InChI=1S/C17H22ClN3O3/c18-13-3-5-14(6-4-13)19-16(22)12-20-7-9-21(10-8-20)17(23)15-2-1-11-24-15/h3-6,15H,1-2,7-12H2,(H,19,22)/p+1/t15-/m0/s1. The summed E-state index contributed by atoms with van der Waals surface area (Å²) in [5.74, 6) is 0.0865. The molecular formula is C17H23ClN3O3+. The van der Waals surface area contributed by atoms with Gasteiger partial charge in [0.05, 0.1) is 26.2 Å². The zero-order chi connectivity index (χ0) is 16.9. The first-order chi connectivity index (χ1) is 11.6. The number of nitrogens with one attached hydrogen (secondary N) is 2. The van der Waals surface area contributed by atoms with Crippen molar-refractivity contribution in [1.29, 1.82) is 0 Å². The van der Waals surface area contributed by atoms with Gasteiger partial charge < -0.3 is 19.9 Å². The number of benzene rings is 1. The third-order valence-corrected chi connectivity index (χ3v) is 4.78. The second kappa shape index (κ2) is 7.96. The molecule has 24 heavy (non-hydrogen) atoms. The van der Waals surface area contributed by atoms with E-state index in [2.05, 4.69) is 5.32 Å². The van der Waals surface area contributed by atoms with Crippen LogP contribution in [0.15, 0.2) is 24.3 Å². The molecule has 0 spiro atoms. The lowest BCUT2D eigenvalue weighted by atomic mass is 10.2. The molecule has 3 rings (SSSR count). The molecule has 2 N–H and O–H groups in total. The Labute approximate surface area is 146 Å². The van der Waals surface area contributed by atoms with Crippen LogP contribution in [0.3, 0.4) is 0 Å². The molecule has 1 aromatic rings. The highest BCUT2D eigenvalue weighted by atomic mass is 35.5. The number of hydrogen-bond acceptors (Lipinski definition) is 3. The van der Waals surface area contributed by atoms with Gasteiger partial charge in [0, 0.05) is 17.3 Å². The Bertz CT molecular complexity index is 579. The summed E-state index contributed by atoms with van der Waals surface area (Å²) in [4.78, 5) is 27.5. The highest BCUT2D eigenvalue weighted by molar-refractivity contribution is 6.30. The molecule has 1 atom stereocenters. The second-order valence-electron chi connectivity index (χ2n) is 6.31. The van der Waals surface area contributed by atoms with E-state index >= 15 is 0 Å². The highest BCUT2D eigenvalue weighted by Gasteiger charge is 2.31. The number of amides is 2. The molecule has 0 bridgehead atoms. The van der Waals surface area contributed by atoms with Gasteiger partial charge in [-0.2, -0.15) is 0 Å². The van der Waals surface area contributed by atoms with Crippen molar-refractivity contribution in [3.8, 4) is 0 Å². The average Bonchev–Trinajstić information content (AvgIpc) is 3.11. The Morgan fingerprint density at radius 2 is 1.96 bits per heavy atom. The summed E-state index contributed by atoms with van der Waals surface area (Å²) in [6, 6.07) is 7.07. The predicted octanol–water partition coefficient (Wildman–Crippen LogP) is 0.185. The number of carbonyl (C=O) groups is 2. The third-order valence-electron chi connectivity index (χ3n) is 4.53. The highest BCUT2D eigenvalue weighted by Crippen LogP contribution is 2.15. The number of anilines is 1. The molecule has 130 valence electrons. The minimum absolute atomic E-state index is 0.0220. The number of rotatable bonds is 4. The molecule has 2 fully saturated rings. The topological polar surface area (TPSA) is 63.1 Å². The number of nitrogens with zero attached hydrogens (tertiary/aromatic N) is 1. The van der Waals surface area contributed by atoms with Gasteiger partial charge >= 0.3 is 0 Å². The SMILES string of the molecule is O=C(C[NH+]1CCN(C(=O)[C@@H]2CCCO2)CC1)Nc1ccc(Cl)cc1. The maximum atomic E-state index is 12.3. The molecule has 6 nitrogen and oxygen atoms in total. The van der Waals surface area contributed by atoms with E-state index in [1.807, 2.05) is 4.90 Å². The first-order valence-corrected chi connectivity index (χ1v) is 8.79. The van der Waals surface area contributed by atoms with Crippen molar-refractivity contribution >= 4 is 29.1 Å². The van der Waals surface area contributed by atoms with Crippen LogP contribution < -0.4 is 10.2 Å². The number of halogens is 1. The van der Waals surface area contributed by atoms with E-state index in [9.17, 15) is 9.59 Å². The quantitative estimate of drug-likeness (QED) is 0.813. The van der Waals surface area contributed by atoms with E-state index in [0.717, 1.165) is 31.6 Å². The molecular weight excluding hydrogens is 330 g/mol. The fraction of sp³-hybridized carbons (Fsp3) is 0.529. The van der Waals surface area contributed by atoms with Crippen molar-refractivity contribution in [2.75, 3.05) is 44.6 Å². The maximum absolute atomic E-state index is 12.3. The van der Waals surface area contributed by atoms with Gasteiger partial charge in [-0.3, -0.25) is 9.59 Å². The number of quaternary nitrogens is 1. The average molecular weight is 353 g/mol. The lowest BCUT2D eigenvalue weighted by Crippen LogP contribution is -3.15. The lowest BCUT2D eigenvalue weighted by molar-refractivity contribution is -0.895. The van der Waals surface area contributed by atoms with Gasteiger partial charge in [-0.1, -0.05) is 11.6 Å². The van der Waals surface area contributed by atoms with Gasteiger partial charge in [-0.05, 0) is 37.1 Å². The molecule has 2 aliphatic rings. The van der Waals surface area contributed by atoms with Gasteiger partial charge in [-0.15, -0.1) is 0 Å². The maximum Gasteiger partial charge on any atom is 0.279 e. The first kappa shape index (κ1) is 17.2. The number of hydrogen-bond donors (Lipinski definition) is 2. The van der Waals surface area contributed by atoms with Crippen LogP contribution in [0.4, 0.5) is 5.69 Å². The van der Waals surface area contributed by atoms with Crippen LogP contribution in [0.1, 0.15) is 12.8 Å². The molecule has 0 radical (unpaired) electrons. The van der Waals surface area contributed by atoms with Crippen LogP contribution in [-0.4, -0.2) is 62.1 Å². The largest absolute Gasteiger partial charge is 0.368 e. The molecule has 2 saturated heterocycles. The van der Waals surface area contributed by atoms with Gasteiger partial charge in [0.1, 0.15) is 6.10 Å². The van der Waals surface area contributed by atoms with Crippen LogP contribution in [0.25, 0.3) is 0 Å². The fourth-order valence-electron chi connectivity index (χ4n) is 3.16. The molecule has 2 amide bonds. The number of piperazine rings is 1. The minimum atomic E-state index is -0.250. The van der Waals surface area contributed by atoms with Gasteiger partial charge in [0.2, 0.25) is 0 Å². The summed E-state index contributed by atoms with van der Waals surface area (Å²) >= 11 is 5.83. The summed E-state index contributed by atoms with van der Waals surface area (Å²) in [5.41, 5.74) is 0.746. The Morgan fingerprint density at radius 1 is 1.25 bits per heavy atom. The molecule has 0 saturated carbocycles. The van der Waals surface area contributed by atoms with Crippen molar-refractivity contribution < 1.29 is 19.2 Å². The molecule has 0 aromatic heterocycles.